The molecule has 4 aromatic rings. The van der Waals surface area contributed by atoms with Crippen molar-refractivity contribution in [2.75, 3.05) is 5.32 Å². The summed E-state index contributed by atoms with van der Waals surface area (Å²) in [7, 11) is 0. The number of amides is 2. The average molecular weight is 595 g/mol. The minimum Gasteiger partial charge on any atom is -0.444 e. The first kappa shape index (κ1) is 31.0. The summed E-state index contributed by atoms with van der Waals surface area (Å²) < 4.78 is 46.6. The smallest absolute Gasteiger partial charge is 0.416 e. The van der Waals surface area contributed by atoms with Gasteiger partial charge in [0.05, 0.1) is 12.2 Å². The van der Waals surface area contributed by atoms with E-state index in [0.29, 0.717) is 22.3 Å². The number of alkyl halides is 3. The van der Waals surface area contributed by atoms with E-state index in [-0.39, 0.29) is 24.5 Å². The lowest BCUT2D eigenvalue weighted by atomic mass is 10.0. The third kappa shape index (κ3) is 8.29. The Hall–Kier alpha value is -4.97. The molecule has 4 rings (SSSR count). The number of carbonyl (C=O) groups excluding carboxylic acids is 2. The van der Waals surface area contributed by atoms with Crippen LogP contribution in [0.1, 0.15) is 16.7 Å². The highest BCUT2D eigenvalue weighted by Gasteiger charge is 2.44. The van der Waals surface area contributed by atoms with Crippen molar-refractivity contribution in [2.24, 2.45) is 0 Å². The Morgan fingerprint density at radius 3 is 2.19 bits per heavy atom. The zero-order chi connectivity index (χ0) is 31.0. The molecule has 0 aliphatic heterocycles. The van der Waals surface area contributed by atoms with Gasteiger partial charge in [-0.3, -0.25) is 19.5 Å². The number of rotatable bonds is 10. The van der Waals surface area contributed by atoms with E-state index in [0.717, 1.165) is 10.8 Å². The normalized spacial score (nSPS) is 12.7. The van der Waals surface area contributed by atoms with Crippen molar-refractivity contribution < 1.29 is 32.6 Å². The van der Waals surface area contributed by atoms with Gasteiger partial charge in [0.1, 0.15) is 24.7 Å². The van der Waals surface area contributed by atoms with Crippen LogP contribution in [0.4, 0.5) is 23.7 Å². The van der Waals surface area contributed by atoms with Gasteiger partial charge in [-0.05, 0) is 30.0 Å². The van der Waals surface area contributed by atoms with Gasteiger partial charge in [0.2, 0.25) is 5.91 Å². The molecule has 2 unspecified atom stereocenters. The van der Waals surface area contributed by atoms with Gasteiger partial charge in [-0.2, -0.15) is 13.2 Å². The van der Waals surface area contributed by atoms with E-state index in [1.54, 1.807) is 91.9 Å². The third-order valence-electron chi connectivity index (χ3n) is 6.55. The molecule has 3 aromatic carbocycles. The van der Waals surface area contributed by atoms with E-state index in [9.17, 15) is 32.7 Å². The molecule has 0 bridgehead atoms. The summed E-state index contributed by atoms with van der Waals surface area (Å²) in [5, 5.41) is 14.6. The summed E-state index contributed by atoms with van der Waals surface area (Å²) in [6, 6.07) is 22.0. The zero-order valence-electron chi connectivity index (χ0n) is 23.0. The molecule has 0 saturated heterocycles. The van der Waals surface area contributed by atoms with Gasteiger partial charge in [-0.1, -0.05) is 84.9 Å². The van der Waals surface area contributed by atoms with Crippen molar-refractivity contribution in [3.8, 4) is 11.4 Å². The van der Waals surface area contributed by atoms with Crippen molar-refractivity contribution >= 4 is 17.7 Å². The fourth-order valence-electron chi connectivity index (χ4n) is 4.37. The minimum atomic E-state index is -5.01. The summed E-state index contributed by atoms with van der Waals surface area (Å²) >= 11 is 0. The summed E-state index contributed by atoms with van der Waals surface area (Å²) in [5.74, 6) is -0.927. The Morgan fingerprint density at radius 2 is 1.56 bits per heavy atom. The molecule has 0 spiro atoms. The number of hydrogen-bond acceptors (Lipinski definition) is 6. The van der Waals surface area contributed by atoms with Gasteiger partial charge >= 0.3 is 12.3 Å². The predicted octanol–water partition coefficient (Wildman–Crippen LogP) is 4.62. The predicted molar refractivity (Wildman–Crippen MR) is 153 cm³/mol. The van der Waals surface area contributed by atoms with Crippen molar-refractivity contribution in [3.05, 3.63) is 118 Å². The van der Waals surface area contributed by atoms with E-state index >= 15 is 0 Å². The van der Waals surface area contributed by atoms with Crippen LogP contribution in [0.15, 0.2) is 95.9 Å². The maximum atomic E-state index is 13.5. The molecule has 224 valence electrons. The quantitative estimate of drug-likeness (QED) is 0.246. The number of anilines is 1. The first-order valence-electron chi connectivity index (χ1n) is 13.2. The lowest BCUT2D eigenvalue weighted by Crippen LogP contribution is -2.52. The number of halogens is 3. The standard InChI is InChI=1S/C31H29F3N4O5/c1-20-10-8-9-15-23(20)28-35-17-25(37-30(42)43-19-22-13-6-3-7-14-22)29(41)38(28)18-26(39)36-24(27(40)31(32,33)34)16-21-11-4-2-5-12-21/h2-15,17,24,27,40H,16,18-19H2,1H3,(H,36,39)(H,37,42). The van der Waals surface area contributed by atoms with E-state index in [2.05, 4.69) is 15.6 Å². The topological polar surface area (TPSA) is 123 Å². The second-order valence-electron chi connectivity index (χ2n) is 9.74. The van der Waals surface area contributed by atoms with Gasteiger partial charge in [-0.25, -0.2) is 9.78 Å². The molecule has 1 aromatic heterocycles. The van der Waals surface area contributed by atoms with Crippen LogP contribution >= 0.6 is 0 Å². The molecule has 0 radical (unpaired) electrons. The Balaban J connectivity index is 1.61. The molecule has 43 heavy (non-hydrogen) atoms. The first-order valence-corrected chi connectivity index (χ1v) is 13.2. The maximum Gasteiger partial charge on any atom is 0.416 e. The molecule has 1 heterocycles. The molecular weight excluding hydrogens is 565 g/mol. The van der Waals surface area contributed by atoms with Crippen LogP contribution in [0.2, 0.25) is 0 Å². The molecule has 12 heteroatoms. The third-order valence-corrected chi connectivity index (χ3v) is 6.55. The molecule has 0 aliphatic rings. The van der Waals surface area contributed by atoms with Crippen LogP contribution in [0, 0.1) is 6.92 Å². The highest BCUT2D eigenvalue weighted by molar-refractivity contribution is 5.84. The lowest BCUT2D eigenvalue weighted by Gasteiger charge is -2.26. The van der Waals surface area contributed by atoms with Gasteiger partial charge in [0, 0.05) is 5.56 Å². The van der Waals surface area contributed by atoms with Crippen LogP contribution in [0.5, 0.6) is 0 Å². The minimum absolute atomic E-state index is 0.0532. The summed E-state index contributed by atoms with van der Waals surface area (Å²) in [5.41, 5.74) is 1.22. The molecule has 0 saturated carbocycles. The Labute approximate surface area is 245 Å². The van der Waals surface area contributed by atoms with Crippen molar-refractivity contribution in [1.82, 2.24) is 14.9 Å². The number of nitrogens with one attached hydrogen (secondary N) is 2. The number of benzene rings is 3. The SMILES string of the molecule is Cc1ccccc1-c1ncc(NC(=O)OCc2ccccc2)c(=O)n1CC(=O)NC(Cc1ccccc1)C(O)C(F)(F)F. The van der Waals surface area contributed by atoms with Crippen molar-refractivity contribution in [3.63, 3.8) is 0 Å². The highest BCUT2D eigenvalue weighted by Crippen LogP contribution is 2.25. The van der Waals surface area contributed by atoms with E-state index in [1.165, 1.54) is 0 Å². The van der Waals surface area contributed by atoms with Crippen molar-refractivity contribution in [1.29, 1.82) is 0 Å². The van der Waals surface area contributed by atoms with Crippen LogP contribution < -0.4 is 16.2 Å². The monoisotopic (exact) mass is 594 g/mol. The molecular formula is C31H29F3N4O5. The number of aryl methyl sites for hydroxylation is 1. The molecule has 9 nitrogen and oxygen atoms in total. The fourth-order valence-corrected chi connectivity index (χ4v) is 4.37. The average Bonchev–Trinajstić information content (AvgIpc) is 2.98. The van der Waals surface area contributed by atoms with Gasteiger partial charge in [0.15, 0.2) is 6.10 Å². The van der Waals surface area contributed by atoms with Crippen LogP contribution in [0.3, 0.4) is 0 Å². The van der Waals surface area contributed by atoms with Gasteiger partial charge < -0.3 is 15.2 Å². The fraction of sp³-hybridized carbons (Fsp3) is 0.226. The number of aromatic nitrogens is 2. The lowest BCUT2D eigenvalue weighted by molar-refractivity contribution is -0.212. The number of hydrogen-bond donors (Lipinski definition) is 3. The highest BCUT2D eigenvalue weighted by atomic mass is 19.4. The summed E-state index contributed by atoms with van der Waals surface area (Å²) in [4.78, 5) is 43.4. The number of aliphatic hydroxyl groups is 1. The van der Waals surface area contributed by atoms with Gasteiger partial charge in [0.25, 0.3) is 5.56 Å². The summed E-state index contributed by atoms with van der Waals surface area (Å²) in [6.07, 6.45) is -8.02. The molecule has 0 aliphatic carbocycles. The van der Waals surface area contributed by atoms with E-state index in [1.807, 2.05) is 0 Å². The largest absolute Gasteiger partial charge is 0.444 e. The zero-order valence-corrected chi connectivity index (χ0v) is 23.0. The van der Waals surface area contributed by atoms with Crippen molar-refractivity contribution in [2.45, 2.75) is 44.8 Å². The van der Waals surface area contributed by atoms with Crippen LogP contribution in [-0.2, 0) is 29.1 Å². The maximum absolute atomic E-state index is 13.5. The number of ether oxygens (including phenoxy) is 1. The molecule has 3 N–H and O–H groups in total. The van der Waals surface area contributed by atoms with Crippen LogP contribution in [-0.4, -0.2) is 45.0 Å². The second kappa shape index (κ2) is 13.8. The number of nitrogens with zero attached hydrogens (tertiary/aromatic N) is 2. The Kier molecular flexibility index (Phi) is 9.94. The second-order valence-corrected chi connectivity index (χ2v) is 9.74. The van der Waals surface area contributed by atoms with E-state index in [4.69, 9.17) is 4.74 Å². The molecule has 2 amide bonds. The number of aliphatic hydroxyl groups excluding tert-OH is 1. The summed E-state index contributed by atoms with van der Waals surface area (Å²) in [6.45, 7) is 0.941. The molecule has 2 atom stereocenters. The van der Waals surface area contributed by atoms with E-state index < -0.39 is 42.4 Å². The van der Waals surface area contributed by atoms with Crippen LogP contribution in [0.25, 0.3) is 11.4 Å². The first-order chi connectivity index (χ1) is 20.5. The number of carbonyl (C=O) groups is 2. The Bertz CT molecular complexity index is 1610. The Morgan fingerprint density at radius 1 is 0.953 bits per heavy atom. The molecule has 0 fully saturated rings. The van der Waals surface area contributed by atoms with Gasteiger partial charge in [-0.15, -0.1) is 0 Å².